The van der Waals surface area contributed by atoms with Gasteiger partial charge in [-0.25, -0.2) is 9.37 Å². The highest BCUT2D eigenvalue weighted by Gasteiger charge is 2.51. The van der Waals surface area contributed by atoms with E-state index in [2.05, 4.69) is 16.9 Å². The summed E-state index contributed by atoms with van der Waals surface area (Å²) in [5, 5.41) is 12.7. The Bertz CT molecular complexity index is 1290. The summed E-state index contributed by atoms with van der Waals surface area (Å²) in [5.41, 5.74) is -2.90. The zero-order chi connectivity index (χ0) is 24.6. The van der Waals surface area contributed by atoms with Crippen molar-refractivity contribution in [1.29, 1.82) is 0 Å². The summed E-state index contributed by atoms with van der Waals surface area (Å²) in [6, 6.07) is 6.75. The molecule has 0 bridgehead atoms. The number of rotatable bonds is 6. The fourth-order valence-electron chi connectivity index (χ4n) is 3.25. The van der Waals surface area contributed by atoms with Gasteiger partial charge >= 0.3 is 6.18 Å². The maximum atomic E-state index is 15.3. The molecule has 2 aromatic heterocycles. The van der Waals surface area contributed by atoms with Crippen molar-refractivity contribution in [3.05, 3.63) is 82.6 Å². The maximum Gasteiger partial charge on any atom is 0.421 e. The van der Waals surface area contributed by atoms with Gasteiger partial charge in [0.05, 0.1) is 5.52 Å². The van der Waals surface area contributed by atoms with E-state index in [4.69, 9.17) is 0 Å². The Morgan fingerprint density at radius 1 is 1.27 bits per heavy atom. The van der Waals surface area contributed by atoms with E-state index in [9.17, 15) is 23.1 Å². The number of anilines is 2. The summed E-state index contributed by atoms with van der Waals surface area (Å²) in [6.45, 7) is 6.45. The van der Waals surface area contributed by atoms with Crippen molar-refractivity contribution < 1.29 is 22.7 Å². The zero-order valence-electron chi connectivity index (χ0n) is 18.3. The van der Waals surface area contributed by atoms with E-state index >= 15 is 4.39 Å². The molecule has 0 radical (unpaired) electrons. The van der Waals surface area contributed by atoms with Gasteiger partial charge in [0.2, 0.25) is 0 Å². The quantitative estimate of drug-likeness (QED) is 0.372. The normalized spacial score (nSPS) is 13.9. The van der Waals surface area contributed by atoms with Crippen LogP contribution in [0.25, 0.3) is 16.5 Å². The van der Waals surface area contributed by atoms with Gasteiger partial charge in [-0.1, -0.05) is 31.7 Å². The minimum atomic E-state index is -4.89. The van der Waals surface area contributed by atoms with Crippen molar-refractivity contribution in [3.8, 4) is 0 Å². The lowest BCUT2D eigenvalue weighted by Gasteiger charge is -2.26. The number of nitrogens with zero attached hydrogens (tertiary/aromatic N) is 2. The lowest BCUT2D eigenvalue weighted by molar-refractivity contribution is -0.259. The molecule has 0 saturated carbocycles. The molecule has 3 aromatic rings. The third kappa shape index (κ3) is 4.54. The van der Waals surface area contributed by atoms with Crippen molar-refractivity contribution in [1.82, 2.24) is 9.55 Å². The standard InChI is InChI=1S/C24H23F4N3O2/c1-5-6-7-14(2)16-9-10-19-17(21(16)25)12-18(22(32)31(19)4)30-20-11-8-15(13-29-20)23(3,33)24(26,27)28/h6-13,33H,2,5H2,1,3-4H3,(H,29,30)/b7-6-. The van der Waals surface area contributed by atoms with Crippen LogP contribution in [0.2, 0.25) is 0 Å². The van der Waals surface area contributed by atoms with Crippen LogP contribution in [0.5, 0.6) is 0 Å². The first-order chi connectivity index (χ1) is 15.4. The summed E-state index contributed by atoms with van der Waals surface area (Å²) in [6.07, 6.45) is 0.312. The molecular formula is C24H23F4N3O2. The van der Waals surface area contributed by atoms with E-state index in [1.165, 1.54) is 23.7 Å². The molecule has 5 nitrogen and oxygen atoms in total. The molecule has 174 valence electrons. The van der Waals surface area contributed by atoms with Gasteiger partial charge in [-0.15, -0.1) is 0 Å². The van der Waals surface area contributed by atoms with Gasteiger partial charge in [-0.2, -0.15) is 13.2 Å². The Kier molecular flexibility index (Phi) is 6.46. The lowest BCUT2D eigenvalue weighted by atomic mass is 9.97. The van der Waals surface area contributed by atoms with E-state index in [1.54, 1.807) is 18.2 Å². The number of hydrogen-bond donors (Lipinski definition) is 2. The van der Waals surface area contributed by atoms with Crippen LogP contribution in [0.15, 0.2) is 60.1 Å². The first-order valence-electron chi connectivity index (χ1n) is 10.1. The number of fused-ring (bicyclic) bond motifs is 1. The lowest BCUT2D eigenvalue weighted by Crippen LogP contribution is -2.39. The number of aliphatic hydroxyl groups is 1. The highest BCUT2D eigenvalue weighted by atomic mass is 19.4. The topological polar surface area (TPSA) is 67.2 Å². The van der Waals surface area contributed by atoms with Gasteiger partial charge in [-0.05, 0) is 43.2 Å². The van der Waals surface area contributed by atoms with E-state index < -0.39 is 28.7 Å². The minimum absolute atomic E-state index is 0.0152. The minimum Gasteiger partial charge on any atom is -0.376 e. The molecule has 0 spiro atoms. The highest BCUT2D eigenvalue weighted by molar-refractivity contribution is 5.88. The molecule has 1 unspecified atom stereocenters. The van der Waals surface area contributed by atoms with Crippen LogP contribution in [-0.4, -0.2) is 20.8 Å². The largest absolute Gasteiger partial charge is 0.421 e. The number of aromatic nitrogens is 2. The number of aryl methyl sites for hydroxylation is 1. The average molecular weight is 461 g/mol. The van der Waals surface area contributed by atoms with Gasteiger partial charge in [0.1, 0.15) is 17.3 Å². The second-order valence-corrected chi connectivity index (χ2v) is 7.75. The molecule has 9 heteroatoms. The van der Waals surface area contributed by atoms with Crippen LogP contribution in [-0.2, 0) is 12.6 Å². The molecule has 2 heterocycles. The highest BCUT2D eigenvalue weighted by Crippen LogP contribution is 2.38. The van der Waals surface area contributed by atoms with Crippen LogP contribution in [0.3, 0.4) is 0 Å². The maximum absolute atomic E-state index is 15.3. The van der Waals surface area contributed by atoms with Gasteiger partial charge < -0.3 is 15.0 Å². The summed E-state index contributed by atoms with van der Waals surface area (Å²) < 4.78 is 55.6. The molecule has 0 aliphatic heterocycles. The van der Waals surface area contributed by atoms with Crippen molar-refractivity contribution in [2.75, 3.05) is 5.32 Å². The predicted molar refractivity (Wildman–Crippen MR) is 121 cm³/mol. The third-order valence-electron chi connectivity index (χ3n) is 5.38. The molecule has 0 amide bonds. The molecular weight excluding hydrogens is 438 g/mol. The number of pyridine rings is 2. The fraction of sp³-hybridized carbons (Fsp3) is 0.250. The van der Waals surface area contributed by atoms with Gasteiger partial charge in [0, 0.05) is 29.8 Å². The zero-order valence-corrected chi connectivity index (χ0v) is 18.3. The molecule has 0 aliphatic rings. The number of nitrogens with one attached hydrogen (secondary N) is 1. The van der Waals surface area contributed by atoms with Crippen molar-refractivity contribution in [3.63, 3.8) is 0 Å². The molecule has 1 aromatic carbocycles. The Hall–Kier alpha value is -3.46. The molecule has 0 fully saturated rings. The van der Waals surface area contributed by atoms with Gasteiger partial charge in [0.15, 0.2) is 5.60 Å². The smallest absolute Gasteiger partial charge is 0.376 e. The second kappa shape index (κ2) is 8.82. The Balaban J connectivity index is 2.02. The first-order valence-corrected chi connectivity index (χ1v) is 10.1. The molecule has 2 N–H and O–H groups in total. The number of hydrogen-bond acceptors (Lipinski definition) is 4. The Labute approximate surface area is 187 Å². The first kappa shape index (κ1) is 24.2. The van der Waals surface area contributed by atoms with Crippen LogP contribution < -0.4 is 10.9 Å². The molecule has 33 heavy (non-hydrogen) atoms. The third-order valence-corrected chi connectivity index (χ3v) is 5.38. The number of allylic oxidation sites excluding steroid dienone is 3. The Morgan fingerprint density at radius 3 is 2.55 bits per heavy atom. The predicted octanol–water partition coefficient (Wildman–Crippen LogP) is 5.57. The SMILES string of the molecule is C=C(/C=C\CC)c1ccc2c(cc(Nc3ccc(C(C)(O)C(F)(F)F)cn3)c(=O)n2C)c1F. The fourth-order valence-corrected chi connectivity index (χ4v) is 3.25. The molecule has 1 atom stereocenters. The van der Waals surface area contributed by atoms with Gasteiger partial charge in [-0.3, -0.25) is 4.79 Å². The summed E-state index contributed by atoms with van der Waals surface area (Å²) in [4.78, 5) is 16.6. The number of alkyl halides is 3. The summed E-state index contributed by atoms with van der Waals surface area (Å²) in [7, 11) is 1.48. The Morgan fingerprint density at radius 2 is 1.97 bits per heavy atom. The molecule has 0 saturated heterocycles. The number of benzene rings is 1. The van der Waals surface area contributed by atoms with E-state index in [1.807, 2.05) is 13.0 Å². The molecule has 3 rings (SSSR count). The van der Waals surface area contributed by atoms with Crippen LogP contribution in [0.1, 0.15) is 31.4 Å². The average Bonchev–Trinajstić information content (AvgIpc) is 2.76. The van der Waals surface area contributed by atoms with Crippen molar-refractivity contribution in [2.24, 2.45) is 7.05 Å². The molecule has 0 aliphatic carbocycles. The van der Waals surface area contributed by atoms with E-state index in [0.29, 0.717) is 18.0 Å². The van der Waals surface area contributed by atoms with E-state index in [-0.39, 0.29) is 22.5 Å². The monoisotopic (exact) mass is 461 g/mol. The van der Waals surface area contributed by atoms with Gasteiger partial charge in [0.25, 0.3) is 5.56 Å². The van der Waals surface area contributed by atoms with Crippen molar-refractivity contribution >= 4 is 28.0 Å². The van der Waals surface area contributed by atoms with Crippen molar-refractivity contribution in [2.45, 2.75) is 32.0 Å². The van der Waals surface area contributed by atoms with Crippen LogP contribution in [0.4, 0.5) is 29.1 Å². The summed E-state index contributed by atoms with van der Waals surface area (Å²) in [5.74, 6) is -0.499. The van der Waals surface area contributed by atoms with Crippen LogP contribution >= 0.6 is 0 Å². The summed E-state index contributed by atoms with van der Waals surface area (Å²) >= 11 is 0. The second-order valence-electron chi connectivity index (χ2n) is 7.75. The van der Waals surface area contributed by atoms with Crippen LogP contribution in [0, 0.1) is 5.82 Å². The van der Waals surface area contributed by atoms with E-state index in [0.717, 1.165) is 18.7 Å². The number of halogens is 4.